The summed E-state index contributed by atoms with van der Waals surface area (Å²) in [6.45, 7) is 6.23. The fourth-order valence-electron chi connectivity index (χ4n) is 2.24. The van der Waals surface area contributed by atoms with Crippen molar-refractivity contribution in [3.63, 3.8) is 0 Å². The Bertz CT molecular complexity index is 223. The molecule has 2 saturated heterocycles. The first-order valence-corrected chi connectivity index (χ1v) is 7.54. The van der Waals surface area contributed by atoms with Gasteiger partial charge in [0.1, 0.15) is 0 Å². The van der Waals surface area contributed by atoms with Crippen LogP contribution in [-0.4, -0.2) is 29.1 Å². The van der Waals surface area contributed by atoms with Gasteiger partial charge in [0.05, 0.1) is 12.1 Å². The molecule has 0 spiro atoms. The third-order valence-electron chi connectivity index (χ3n) is 3.03. The molecule has 0 aliphatic carbocycles. The van der Waals surface area contributed by atoms with Crippen molar-refractivity contribution in [2.45, 2.75) is 63.8 Å². The van der Waals surface area contributed by atoms with E-state index in [1.165, 1.54) is 25.7 Å². The van der Waals surface area contributed by atoms with Crippen LogP contribution < -0.4 is 10.6 Å². The summed E-state index contributed by atoms with van der Waals surface area (Å²) in [7, 11) is 0. The summed E-state index contributed by atoms with van der Waals surface area (Å²) in [5.41, 5.74) is 0. The maximum atomic E-state index is 11.1. The van der Waals surface area contributed by atoms with Crippen molar-refractivity contribution >= 4 is 17.8 Å². The molecule has 2 aliphatic heterocycles. The maximum Gasteiger partial charge on any atom is 0.315 e. The minimum absolute atomic E-state index is 0.0285. The van der Waals surface area contributed by atoms with Crippen LogP contribution in [0.4, 0.5) is 4.79 Å². The summed E-state index contributed by atoms with van der Waals surface area (Å²) in [5, 5.41) is 6.63. The zero-order valence-corrected chi connectivity index (χ0v) is 11.4. The molecule has 2 fully saturated rings. The van der Waals surface area contributed by atoms with E-state index in [2.05, 4.69) is 17.6 Å². The summed E-state index contributed by atoms with van der Waals surface area (Å²) in [6.07, 6.45) is 5.14. The zero-order valence-electron chi connectivity index (χ0n) is 10.6. The van der Waals surface area contributed by atoms with Gasteiger partial charge in [-0.15, -0.1) is 0 Å². The van der Waals surface area contributed by atoms with Crippen LogP contribution in [0.1, 0.15) is 46.5 Å². The van der Waals surface area contributed by atoms with Crippen LogP contribution in [0, 0.1) is 0 Å². The molecular weight excluding hydrogens is 220 g/mol. The van der Waals surface area contributed by atoms with Crippen LogP contribution in [0.15, 0.2) is 0 Å². The number of carbonyl (C=O) groups is 1. The minimum Gasteiger partial charge on any atom is -0.332 e. The van der Waals surface area contributed by atoms with E-state index >= 15 is 0 Å². The Morgan fingerprint density at radius 2 is 2.06 bits per heavy atom. The fourth-order valence-corrected chi connectivity index (χ4v) is 3.78. The van der Waals surface area contributed by atoms with Crippen LogP contribution in [0.2, 0.25) is 0 Å². The van der Waals surface area contributed by atoms with Gasteiger partial charge in [0, 0.05) is 11.0 Å². The topological polar surface area (TPSA) is 41.1 Å². The second-order valence-electron chi connectivity index (χ2n) is 4.12. The highest BCUT2D eigenvalue weighted by Gasteiger charge is 2.42. The number of thioether (sulfide) groups is 1. The monoisotopic (exact) mass is 244 g/mol. The first kappa shape index (κ1) is 13.7. The Morgan fingerprint density at radius 3 is 2.75 bits per heavy atom. The molecule has 4 heteroatoms. The Kier molecular flexibility index (Phi) is 6.03. The quantitative estimate of drug-likeness (QED) is 0.590. The Balaban J connectivity index is 0.000000606. The van der Waals surface area contributed by atoms with E-state index in [4.69, 9.17) is 0 Å². The van der Waals surface area contributed by atoms with Gasteiger partial charge in [0.15, 0.2) is 0 Å². The SMILES string of the molecule is CC.CCCCCC1SC[C@@H]2NC(=O)N[C@H]12. The molecule has 3 nitrogen and oxygen atoms in total. The molecule has 0 aromatic rings. The number of fused-ring (bicyclic) bond motifs is 1. The van der Waals surface area contributed by atoms with Gasteiger partial charge in [0.25, 0.3) is 0 Å². The number of rotatable bonds is 4. The molecule has 94 valence electrons. The highest BCUT2D eigenvalue weighted by molar-refractivity contribution is 8.00. The van der Waals surface area contributed by atoms with Gasteiger partial charge in [0.2, 0.25) is 0 Å². The molecule has 0 aromatic heterocycles. The van der Waals surface area contributed by atoms with Gasteiger partial charge in [-0.05, 0) is 6.42 Å². The molecule has 2 heterocycles. The van der Waals surface area contributed by atoms with Crippen molar-refractivity contribution < 1.29 is 4.79 Å². The number of hydrogen-bond acceptors (Lipinski definition) is 2. The fraction of sp³-hybridized carbons (Fsp3) is 0.917. The first-order chi connectivity index (χ1) is 7.81. The summed E-state index contributed by atoms with van der Waals surface area (Å²) in [4.78, 5) is 11.1. The lowest BCUT2D eigenvalue weighted by Crippen LogP contribution is -2.36. The lowest BCUT2D eigenvalue weighted by Gasteiger charge is -2.16. The number of amides is 2. The van der Waals surface area contributed by atoms with Gasteiger partial charge >= 0.3 is 6.03 Å². The van der Waals surface area contributed by atoms with Gasteiger partial charge < -0.3 is 10.6 Å². The second kappa shape index (κ2) is 7.05. The van der Waals surface area contributed by atoms with Crippen molar-refractivity contribution in [2.24, 2.45) is 0 Å². The number of nitrogens with one attached hydrogen (secondary N) is 2. The molecule has 2 aliphatic rings. The van der Waals surface area contributed by atoms with E-state index in [0.717, 1.165) is 5.75 Å². The average Bonchev–Trinajstić information content (AvgIpc) is 2.82. The van der Waals surface area contributed by atoms with E-state index in [0.29, 0.717) is 17.3 Å². The molecule has 0 saturated carbocycles. The second-order valence-corrected chi connectivity index (χ2v) is 5.39. The standard InChI is InChI=1S/C10H18N2OS.C2H6/c1-2-3-4-5-8-9-7(6-14-8)11-10(13)12-9;1-2/h7-9H,2-6H2,1H3,(H2,11,12,13);1-2H3/t7-,8?,9-;/m0./s1. The largest absolute Gasteiger partial charge is 0.332 e. The predicted octanol–water partition coefficient (Wildman–Crippen LogP) is 2.76. The lowest BCUT2D eigenvalue weighted by atomic mass is 10.0. The number of unbranched alkanes of at least 4 members (excludes halogenated alkanes) is 2. The molecule has 3 atom stereocenters. The van der Waals surface area contributed by atoms with Gasteiger partial charge in [-0.1, -0.05) is 40.0 Å². The molecular formula is C12H24N2OS. The van der Waals surface area contributed by atoms with E-state index in [1.54, 1.807) is 0 Å². The van der Waals surface area contributed by atoms with Crippen molar-refractivity contribution in [1.29, 1.82) is 0 Å². The van der Waals surface area contributed by atoms with E-state index in [-0.39, 0.29) is 6.03 Å². The smallest absolute Gasteiger partial charge is 0.315 e. The maximum absolute atomic E-state index is 11.1. The van der Waals surface area contributed by atoms with Crippen LogP contribution in [0.5, 0.6) is 0 Å². The van der Waals surface area contributed by atoms with Crippen LogP contribution >= 0.6 is 11.8 Å². The molecule has 2 amide bonds. The van der Waals surface area contributed by atoms with Crippen LogP contribution in [0.25, 0.3) is 0 Å². The first-order valence-electron chi connectivity index (χ1n) is 6.50. The predicted molar refractivity (Wildman–Crippen MR) is 71.0 cm³/mol. The average molecular weight is 244 g/mol. The lowest BCUT2D eigenvalue weighted by molar-refractivity contribution is 0.247. The molecule has 0 bridgehead atoms. The number of hydrogen-bond donors (Lipinski definition) is 2. The van der Waals surface area contributed by atoms with Crippen molar-refractivity contribution in [2.75, 3.05) is 5.75 Å². The minimum atomic E-state index is 0.0285. The zero-order chi connectivity index (χ0) is 12.0. The number of carbonyl (C=O) groups excluding carboxylic acids is 1. The van der Waals surface area contributed by atoms with Crippen LogP contribution in [0.3, 0.4) is 0 Å². The molecule has 2 rings (SSSR count). The van der Waals surface area contributed by atoms with E-state index in [9.17, 15) is 4.79 Å². The van der Waals surface area contributed by atoms with Crippen LogP contribution in [-0.2, 0) is 0 Å². The Morgan fingerprint density at radius 1 is 1.31 bits per heavy atom. The highest BCUT2D eigenvalue weighted by atomic mass is 32.2. The normalized spacial score (nSPS) is 31.2. The third kappa shape index (κ3) is 3.30. The van der Waals surface area contributed by atoms with Crippen molar-refractivity contribution in [3.8, 4) is 0 Å². The molecule has 1 unspecified atom stereocenters. The summed E-state index contributed by atoms with van der Waals surface area (Å²) in [5.74, 6) is 1.08. The van der Waals surface area contributed by atoms with Crippen molar-refractivity contribution in [1.82, 2.24) is 10.6 Å². The van der Waals surface area contributed by atoms with Crippen molar-refractivity contribution in [3.05, 3.63) is 0 Å². The van der Waals surface area contributed by atoms with Gasteiger partial charge in [-0.25, -0.2) is 4.79 Å². The summed E-state index contributed by atoms with van der Waals surface area (Å²) in [6, 6.07) is 0.810. The van der Waals surface area contributed by atoms with E-state index < -0.39 is 0 Å². The van der Waals surface area contributed by atoms with Gasteiger partial charge in [-0.3, -0.25) is 0 Å². The molecule has 0 aromatic carbocycles. The van der Waals surface area contributed by atoms with Gasteiger partial charge in [-0.2, -0.15) is 11.8 Å². The molecule has 2 N–H and O–H groups in total. The highest BCUT2D eigenvalue weighted by Crippen LogP contribution is 2.33. The van der Waals surface area contributed by atoms with E-state index in [1.807, 2.05) is 25.6 Å². The third-order valence-corrected chi connectivity index (χ3v) is 4.54. The number of urea groups is 1. The Hall–Kier alpha value is -0.380. The molecule has 0 radical (unpaired) electrons. The Labute approximate surface area is 103 Å². The molecule has 16 heavy (non-hydrogen) atoms. The summed E-state index contributed by atoms with van der Waals surface area (Å²) < 4.78 is 0. The summed E-state index contributed by atoms with van der Waals surface area (Å²) >= 11 is 2.01.